The van der Waals surface area contributed by atoms with Crippen molar-refractivity contribution >= 4 is 5.91 Å². The molecule has 4 rings (SSSR count). The number of benzene rings is 2. The second kappa shape index (κ2) is 8.04. The molecule has 0 radical (unpaired) electrons. The third-order valence-electron chi connectivity index (χ3n) is 4.75. The summed E-state index contributed by atoms with van der Waals surface area (Å²) in [5.41, 5.74) is 0.756. The molecule has 2 aromatic carbocycles. The maximum atomic E-state index is 13.4. The molecule has 150 valence electrons. The van der Waals surface area contributed by atoms with Gasteiger partial charge in [0.25, 0.3) is 11.8 Å². The van der Waals surface area contributed by atoms with Crippen molar-refractivity contribution in [2.45, 2.75) is 6.54 Å². The highest BCUT2D eigenvalue weighted by Gasteiger charge is 2.24. The molecule has 1 fully saturated rings. The highest BCUT2D eigenvalue weighted by Crippen LogP contribution is 2.18. The summed E-state index contributed by atoms with van der Waals surface area (Å²) in [6, 6.07) is 8.92. The fraction of sp³-hybridized carbons (Fsp3) is 0.250. The molecule has 0 N–H and O–H groups in total. The molecule has 3 aromatic rings. The zero-order chi connectivity index (χ0) is 20.4. The van der Waals surface area contributed by atoms with Crippen molar-refractivity contribution in [3.8, 4) is 11.5 Å². The SMILES string of the molecule is O=C(c1ccc(F)c(F)c1)N1CCN(Cc2noc(-c3ccc(F)cc3)n2)CC1. The van der Waals surface area contributed by atoms with E-state index in [1.54, 1.807) is 17.0 Å². The minimum absolute atomic E-state index is 0.124. The van der Waals surface area contributed by atoms with Crippen molar-refractivity contribution < 1.29 is 22.5 Å². The van der Waals surface area contributed by atoms with Crippen LogP contribution < -0.4 is 0 Å². The van der Waals surface area contributed by atoms with Crippen LogP contribution in [-0.2, 0) is 6.54 Å². The monoisotopic (exact) mass is 402 g/mol. The van der Waals surface area contributed by atoms with Crippen LogP contribution in [0.2, 0.25) is 0 Å². The molecule has 0 bridgehead atoms. The van der Waals surface area contributed by atoms with Crippen LogP contribution in [0.15, 0.2) is 47.0 Å². The first kappa shape index (κ1) is 19.1. The Kier molecular flexibility index (Phi) is 5.30. The molecule has 0 atom stereocenters. The van der Waals surface area contributed by atoms with Crippen LogP contribution in [0.4, 0.5) is 13.2 Å². The van der Waals surface area contributed by atoms with Crippen molar-refractivity contribution in [2.75, 3.05) is 26.2 Å². The van der Waals surface area contributed by atoms with Gasteiger partial charge < -0.3 is 9.42 Å². The largest absolute Gasteiger partial charge is 0.336 e. The number of carbonyl (C=O) groups excluding carboxylic acids is 1. The van der Waals surface area contributed by atoms with E-state index in [1.807, 2.05) is 0 Å². The first-order valence-corrected chi connectivity index (χ1v) is 9.05. The maximum Gasteiger partial charge on any atom is 0.257 e. The maximum absolute atomic E-state index is 13.4. The molecule has 9 heteroatoms. The number of hydrogen-bond donors (Lipinski definition) is 0. The van der Waals surface area contributed by atoms with Gasteiger partial charge in [0.1, 0.15) is 5.82 Å². The summed E-state index contributed by atoms with van der Waals surface area (Å²) in [6.07, 6.45) is 0. The molecule has 1 aliphatic heterocycles. The summed E-state index contributed by atoms with van der Waals surface area (Å²) >= 11 is 0. The first-order valence-electron chi connectivity index (χ1n) is 9.05. The molecule has 0 saturated carbocycles. The second-order valence-electron chi connectivity index (χ2n) is 6.72. The van der Waals surface area contributed by atoms with Gasteiger partial charge in [0.15, 0.2) is 17.5 Å². The van der Waals surface area contributed by atoms with Gasteiger partial charge >= 0.3 is 0 Å². The number of carbonyl (C=O) groups is 1. The van der Waals surface area contributed by atoms with E-state index >= 15 is 0 Å². The molecule has 0 aliphatic carbocycles. The number of rotatable bonds is 4. The molecule has 0 spiro atoms. The van der Waals surface area contributed by atoms with E-state index in [-0.39, 0.29) is 17.3 Å². The second-order valence-corrected chi connectivity index (χ2v) is 6.72. The Morgan fingerprint density at radius 3 is 2.38 bits per heavy atom. The van der Waals surface area contributed by atoms with Crippen LogP contribution in [0.1, 0.15) is 16.2 Å². The number of halogens is 3. The number of nitrogens with zero attached hydrogens (tertiary/aromatic N) is 4. The van der Waals surface area contributed by atoms with Gasteiger partial charge in [0.05, 0.1) is 6.54 Å². The van der Waals surface area contributed by atoms with Gasteiger partial charge in [-0.15, -0.1) is 0 Å². The van der Waals surface area contributed by atoms with Gasteiger partial charge in [0, 0.05) is 37.3 Å². The lowest BCUT2D eigenvalue weighted by atomic mass is 10.1. The van der Waals surface area contributed by atoms with Crippen LogP contribution in [0.5, 0.6) is 0 Å². The molecule has 1 saturated heterocycles. The van der Waals surface area contributed by atoms with Gasteiger partial charge in [-0.2, -0.15) is 4.98 Å². The summed E-state index contributed by atoms with van der Waals surface area (Å²) in [5, 5.41) is 3.95. The third-order valence-corrected chi connectivity index (χ3v) is 4.75. The van der Waals surface area contributed by atoms with Gasteiger partial charge in [0.2, 0.25) is 0 Å². The molecule has 1 aliphatic rings. The molecule has 29 heavy (non-hydrogen) atoms. The van der Waals surface area contributed by atoms with Gasteiger partial charge in [-0.3, -0.25) is 9.69 Å². The van der Waals surface area contributed by atoms with Crippen molar-refractivity contribution in [3.05, 3.63) is 71.3 Å². The van der Waals surface area contributed by atoms with E-state index in [0.717, 1.165) is 12.1 Å². The average molecular weight is 402 g/mol. The van der Waals surface area contributed by atoms with E-state index in [1.165, 1.54) is 18.2 Å². The smallest absolute Gasteiger partial charge is 0.257 e. The Bertz CT molecular complexity index is 1010. The van der Waals surface area contributed by atoms with Crippen LogP contribution in [0.3, 0.4) is 0 Å². The van der Waals surface area contributed by atoms with Gasteiger partial charge in [-0.25, -0.2) is 13.2 Å². The Labute approximate surface area is 164 Å². The molecular formula is C20H17F3N4O2. The molecular weight excluding hydrogens is 385 g/mol. The minimum atomic E-state index is -1.04. The first-order chi connectivity index (χ1) is 14.0. The molecule has 1 amide bonds. The molecule has 0 unspecified atom stereocenters. The lowest BCUT2D eigenvalue weighted by Gasteiger charge is -2.34. The normalized spacial score (nSPS) is 14.9. The summed E-state index contributed by atoms with van der Waals surface area (Å²) < 4.78 is 44.7. The lowest BCUT2D eigenvalue weighted by molar-refractivity contribution is 0.0624. The summed E-state index contributed by atoms with van der Waals surface area (Å²) in [5.74, 6) is -1.89. The lowest BCUT2D eigenvalue weighted by Crippen LogP contribution is -2.48. The Morgan fingerprint density at radius 1 is 0.966 bits per heavy atom. The number of piperazine rings is 1. The van der Waals surface area contributed by atoms with E-state index < -0.39 is 11.6 Å². The number of aromatic nitrogens is 2. The zero-order valence-electron chi connectivity index (χ0n) is 15.3. The predicted octanol–water partition coefficient (Wildman–Crippen LogP) is 3.11. The van der Waals surface area contributed by atoms with E-state index in [9.17, 15) is 18.0 Å². The summed E-state index contributed by atoms with van der Waals surface area (Å²) in [6.45, 7) is 2.49. The number of amides is 1. The third kappa shape index (κ3) is 4.29. The van der Waals surface area contributed by atoms with Crippen LogP contribution in [0, 0.1) is 17.5 Å². The zero-order valence-corrected chi connectivity index (χ0v) is 15.3. The summed E-state index contributed by atoms with van der Waals surface area (Å²) in [7, 11) is 0. The minimum Gasteiger partial charge on any atom is -0.336 e. The van der Waals surface area contributed by atoms with Crippen LogP contribution in [-0.4, -0.2) is 52.0 Å². The van der Waals surface area contributed by atoms with Crippen molar-refractivity contribution in [3.63, 3.8) is 0 Å². The van der Waals surface area contributed by atoms with E-state index in [0.29, 0.717) is 50.0 Å². The van der Waals surface area contributed by atoms with Crippen molar-refractivity contribution in [1.29, 1.82) is 0 Å². The Morgan fingerprint density at radius 2 is 1.69 bits per heavy atom. The Balaban J connectivity index is 1.33. The summed E-state index contributed by atoms with van der Waals surface area (Å²) in [4.78, 5) is 20.5. The van der Waals surface area contributed by atoms with E-state index in [2.05, 4.69) is 15.0 Å². The average Bonchev–Trinajstić information content (AvgIpc) is 3.19. The fourth-order valence-corrected chi connectivity index (χ4v) is 3.15. The highest BCUT2D eigenvalue weighted by molar-refractivity contribution is 5.94. The van der Waals surface area contributed by atoms with Crippen LogP contribution in [0.25, 0.3) is 11.5 Å². The van der Waals surface area contributed by atoms with Crippen LogP contribution >= 0.6 is 0 Å². The van der Waals surface area contributed by atoms with Crippen molar-refractivity contribution in [2.24, 2.45) is 0 Å². The van der Waals surface area contributed by atoms with Crippen molar-refractivity contribution in [1.82, 2.24) is 19.9 Å². The fourth-order valence-electron chi connectivity index (χ4n) is 3.15. The predicted molar refractivity (Wildman–Crippen MR) is 97.2 cm³/mol. The van der Waals surface area contributed by atoms with E-state index in [4.69, 9.17) is 4.52 Å². The standard InChI is InChI=1S/C20H17F3N4O2/c21-15-4-1-13(2-5-15)19-24-18(25-29-19)12-26-7-9-27(10-8-26)20(28)14-3-6-16(22)17(23)11-14/h1-6,11H,7-10,12H2. The molecule has 6 nitrogen and oxygen atoms in total. The topological polar surface area (TPSA) is 62.5 Å². The van der Waals surface area contributed by atoms with Gasteiger partial charge in [-0.1, -0.05) is 5.16 Å². The Hall–Kier alpha value is -3.20. The molecule has 2 heterocycles. The number of hydrogen-bond acceptors (Lipinski definition) is 5. The highest BCUT2D eigenvalue weighted by atomic mass is 19.2. The molecule has 1 aromatic heterocycles. The quantitative estimate of drug-likeness (QED) is 0.671. The van der Waals surface area contributed by atoms with Gasteiger partial charge in [-0.05, 0) is 42.5 Å².